The lowest BCUT2D eigenvalue weighted by Crippen LogP contribution is -2.46. The summed E-state index contributed by atoms with van der Waals surface area (Å²) in [5.41, 5.74) is 1.83. The number of pyridine rings is 1. The fourth-order valence-corrected chi connectivity index (χ4v) is 2.90. The third-order valence-corrected chi connectivity index (χ3v) is 4.39. The Balaban J connectivity index is 1.87. The van der Waals surface area contributed by atoms with Gasteiger partial charge in [0.1, 0.15) is 5.82 Å². The van der Waals surface area contributed by atoms with E-state index in [-0.39, 0.29) is 17.4 Å². The van der Waals surface area contributed by atoms with Gasteiger partial charge in [0.05, 0.1) is 16.8 Å². The van der Waals surface area contributed by atoms with Crippen LogP contribution >= 0.6 is 0 Å². The van der Waals surface area contributed by atoms with Crippen LogP contribution in [0.4, 0.5) is 9.18 Å². The molecule has 0 aliphatic carbocycles. The molecule has 3 amide bonds. The molecule has 3 aromatic rings. The highest BCUT2D eigenvalue weighted by Gasteiger charge is 2.23. The molecule has 0 aliphatic heterocycles. The van der Waals surface area contributed by atoms with E-state index in [0.717, 1.165) is 0 Å². The molecule has 0 aliphatic rings. The molecular formula is C23H22FN3O4. The number of nitrogens with one attached hydrogen (secondary N) is 2. The van der Waals surface area contributed by atoms with Gasteiger partial charge < -0.3 is 10.1 Å². The highest BCUT2D eigenvalue weighted by Crippen LogP contribution is 2.26. The average molecular weight is 423 g/mol. The van der Waals surface area contributed by atoms with Crippen molar-refractivity contribution in [2.45, 2.75) is 32.9 Å². The number of rotatable bonds is 5. The first-order chi connectivity index (χ1) is 14.7. The number of nitrogens with zero attached hydrogens (tertiary/aromatic N) is 1. The molecule has 1 heterocycles. The van der Waals surface area contributed by atoms with Crippen LogP contribution in [0.5, 0.6) is 0 Å². The second-order valence-corrected chi connectivity index (χ2v) is 7.24. The van der Waals surface area contributed by atoms with Crippen molar-refractivity contribution in [3.05, 3.63) is 66.0 Å². The van der Waals surface area contributed by atoms with E-state index in [9.17, 15) is 18.8 Å². The zero-order valence-electron chi connectivity index (χ0n) is 17.3. The number of urea groups is 1. The average Bonchev–Trinajstić information content (AvgIpc) is 2.72. The molecule has 1 aromatic heterocycles. The summed E-state index contributed by atoms with van der Waals surface area (Å²) in [5.74, 6) is -1.87. The van der Waals surface area contributed by atoms with Gasteiger partial charge >= 0.3 is 12.0 Å². The standard InChI is InChI=1S/C23H22FN3O4/c1-13(2)25-23(30)27-21(28)14(3)31-22(29)18-12-20(15-8-10-16(24)11-9-15)26-19-7-5-4-6-17(18)19/h4-14H,1-3H3,(H2,25,27,28,30). The Morgan fingerprint density at radius 3 is 2.35 bits per heavy atom. The molecule has 3 rings (SSSR count). The Morgan fingerprint density at radius 1 is 1.00 bits per heavy atom. The molecule has 8 heteroatoms. The minimum atomic E-state index is -1.20. The van der Waals surface area contributed by atoms with Gasteiger partial charge in [-0.3, -0.25) is 10.1 Å². The van der Waals surface area contributed by atoms with Crippen LogP contribution in [0.3, 0.4) is 0 Å². The number of halogens is 1. The Labute approximate surface area is 178 Å². The maximum Gasteiger partial charge on any atom is 0.339 e. The second-order valence-electron chi connectivity index (χ2n) is 7.24. The summed E-state index contributed by atoms with van der Waals surface area (Å²) in [7, 11) is 0. The fourth-order valence-electron chi connectivity index (χ4n) is 2.90. The molecule has 2 N–H and O–H groups in total. The number of para-hydroxylation sites is 1. The van der Waals surface area contributed by atoms with Crippen molar-refractivity contribution >= 4 is 28.8 Å². The van der Waals surface area contributed by atoms with E-state index in [0.29, 0.717) is 22.2 Å². The largest absolute Gasteiger partial charge is 0.449 e. The molecule has 0 bridgehead atoms. The summed E-state index contributed by atoms with van der Waals surface area (Å²) in [4.78, 5) is 41.3. The van der Waals surface area contributed by atoms with Crippen LogP contribution in [0, 0.1) is 5.82 Å². The first-order valence-electron chi connectivity index (χ1n) is 9.72. The molecule has 0 fully saturated rings. The second kappa shape index (κ2) is 9.34. The quantitative estimate of drug-likeness (QED) is 0.608. The number of carbonyl (C=O) groups is 3. The van der Waals surface area contributed by atoms with Crippen molar-refractivity contribution in [2.75, 3.05) is 0 Å². The number of esters is 1. The van der Waals surface area contributed by atoms with Gasteiger partial charge in [0, 0.05) is 17.0 Å². The minimum absolute atomic E-state index is 0.154. The zero-order valence-corrected chi connectivity index (χ0v) is 17.3. The first-order valence-corrected chi connectivity index (χ1v) is 9.72. The molecular weight excluding hydrogens is 401 g/mol. The van der Waals surface area contributed by atoms with Crippen molar-refractivity contribution < 1.29 is 23.5 Å². The van der Waals surface area contributed by atoms with E-state index in [1.807, 2.05) is 0 Å². The summed E-state index contributed by atoms with van der Waals surface area (Å²) < 4.78 is 18.6. The molecule has 1 atom stereocenters. The van der Waals surface area contributed by atoms with Crippen molar-refractivity contribution in [1.29, 1.82) is 0 Å². The maximum absolute atomic E-state index is 13.3. The van der Waals surface area contributed by atoms with Crippen LogP contribution in [0.2, 0.25) is 0 Å². The SMILES string of the molecule is CC(C)NC(=O)NC(=O)C(C)OC(=O)c1cc(-c2ccc(F)cc2)nc2ccccc12. The lowest BCUT2D eigenvalue weighted by molar-refractivity contribution is -0.127. The number of aromatic nitrogens is 1. The maximum atomic E-state index is 13.3. The number of carbonyl (C=O) groups excluding carboxylic acids is 3. The van der Waals surface area contributed by atoms with E-state index in [1.54, 1.807) is 50.2 Å². The molecule has 0 radical (unpaired) electrons. The van der Waals surface area contributed by atoms with Gasteiger partial charge in [-0.05, 0) is 57.2 Å². The number of hydrogen-bond donors (Lipinski definition) is 2. The van der Waals surface area contributed by atoms with Gasteiger partial charge in [-0.25, -0.2) is 19.0 Å². The third kappa shape index (κ3) is 5.42. The number of fused-ring (bicyclic) bond motifs is 1. The lowest BCUT2D eigenvalue weighted by atomic mass is 10.0. The molecule has 0 saturated heterocycles. The fraction of sp³-hybridized carbons (Fsp3) is 0.217. The van der Waals surface area contributed by atoms with Gasteiger partial charge in [0.2, 0.25) is 0 Å². The van der Waals surface area contributed by atoms with Gasteiger partial charge in [-0.1, -0.05) is 18.2 Å². The predicted molar refractivity (Wildman–Crippen MR) is 114 cm³/mol. The monoisotopic (exact) mass is 423 g/mol. The molecule has 0 saturated carbocycles. The summed E-state index contributed by atoms with van der Waals surface area (Å²) >= 11 is 0. The molecule has 2 aromatic carbocycles. The number of ether oxygens (including phenoxy) is 1. The van der Waals surface area contributed by atoms with Crippen LogP contribution in [0.1, 0.15) is 31.1 Å². The minimum Gasteiger partial charge on any atom is -0.449 e. The third-order valence-electron chi connectivity index (χ3n) is 4.39. The molecule has 1 unspecified atom stereocenters. The van der Waals surface area contributed by atoms with Gasteiger partial charge in [-0.2, -0.15) is 0 Å². The number of imide groups is 1. The molecule has 160 valence electrons. The number of benzene rings is 2. The van der Waals surface area contributed by atoms with Gasteiger partial charge in [-0.15, -0.1) is 0 Å². The number of hydrogen-bond acceptors (Lipinski definition) is 5. The summed E-state index contributed by atoms with van der Waals surface area (Å²) in [6, 6.07) is 13.4. The van der Waals surface area contributed by atoms with Crippen LogP contribution in [0.15, 0.2) is 54.6 Å². The Morgan fingerprint density at radius 2 is 1.68 bits per heavy atom. The lowest BCUT2D eigenvalue weighted by Gasteiger charge is -2.15. The summed E-state index contributed by atoms with van der Waals surface area (Å²) in [5, 5.41) is 5.20. The van der Waals surface area contributed by atoms with Crippen molar-refractivity contribution in [3.8, 4) is 11.3 Å². The molecule has 0 spiro atoms. The normalized spacial score (nSPS) is 11.8. The number of amides is 3. The Hall–Kier alpha value is -3.81. The van der Waals surface area contributed by atoms with Crippen molar-refractivity contribution in [3.63, 3.8) is 0 Å². The van der Waals surface area contributed by atoms with E-state index in [4.69, 9.17) is 4.74 Å². The summed E-state index contributed by atoms with van der Waals surface area (Å²) in [6.07, 6.45) is -1.20. The molecule has 7 nitrogen and oxygen atoms in total. The van der Waals surface area contributed by atoms with Crippen molar-refractivity contribution in [2.24, 2.45) is 0 Å². The van der Waals surface area contributed by atoms with Crippen LogP contribution in [-0.2, 0) is 9.53 Å². The Bertz CT molecular complexity index is 1130. The smallest absolute Gasteiger partial charge is 0.339 e. The zero-order chi connectivity index (χ0) is 22.5. The highest BCUT2D eigenvalue weighted by molar-refractivity contribution is 6.06. The molecule has 31 heavy (non-hydrogen) atoms. The van der Waals surface area contributed by atoms with E-state index in [2.05, 4.69) is 15.6 Å². The first kappa shape index (κ1) is 21.9. The highest BCUT2D eigenvalue weighted by atomic mass is 19.1. The van der Waals surface area contributed by atoms with Crippen LogP contribution in [0.25, 0.3) is 22.2 Å². The van der Waals surface area contributed by atoms with E-state index >= 15 is 0 Å². The topological polar surface area (TPSA) is 97.4 Å². The van der Waals surface area contributed by atoms with Crippen molar-refractivity contribution in [1.82, 2.24) is 15.6 Å². The van der Waals surface area contributed by atoms with E-state index in [1.165, 1.54) is 25.1 Å². The summed E-state index contributed by atoms with van der Waals surface area (Å²) in [6.45, 7) is 4.88. The predicted octanol–water partition coefficient (Wildman–Crippen LogP) is 3.82. The van der Waals surface area contributed by atoms with Crippen LogP contribution < -0.4 is 10.6 Å². The van der Waals surface area contributed by atoms with Gasteiger partial charge in [0.25, 0.3) is 5.91 Å². The van der Waals surface area contributed by atoms with Gasteiger partial charge in [0.15, 0.2) is 6.10 Å². The van der Waals surface area contributed by atoms with E-state index < -0.39 is 24.0 Å². The Kier molecular flexibility index (Phi) is 6.59. The van der Waals surface area contributed by atoms with Crippen LogP contribution in [-0.4, -0.2) is 35.0 Å².